The minimum absolute atomic E-state index is 0.172. The number of rotatable bonds is 4. The molecular weight excluding hydrogens is 366 g/mol. The molecule has 6 nitrogen and oxygen atoms in total. The second-order valence-electron chi connectivity index (χ2n) is 7.04. The maximum atomic E-state index is 13.2. The van der Waals surface area contributed by atoms with Crippen LogP contribution in [-0.4, -0.2) is 55.3 Å². The first-order valence-corrected chi connectivity index (χ1v) is 9.70. The van der Waals surface area contributed by atoms with Crippen LogP contribution in [0.3, 0.4) is 0 Å². The highest BCUT2D eigenvalue weighted by Gasteiger charge is 2.55. The largest absolute Gasteiger partial charge is 0.495 e. The Hall–Kier alpha value is -2.38. The number of hydrogen-bond acceptors (Lipinski definition) is 5. The molecule has 1 aromatic heterocycles. The summed E-state index contributed by atoms with van der Waals surface area (Å²) in [6, 6.07) is 11.7. The van der Waals surface area contributed by atoms with Crippen LogP contribution in [0.15, 0.2) is 36.4 Å². The van der Waals surface area contributed by atoms with E-state index in [9.17, 15) is 14.7 Å². The number of ether oxygens (including phenoxy) is 2. The fourth-order valence-corrected chi connectivity index (χ4v) is 5.12. The first kappa shape index (κ1) is 18.0. The number of methoxy groups -OCH3 is 1. The Morgan fingerprint density at radius 2 is 2.11 bits per heavy atom. The molecule has 0 spiro atoms. The zero-order valence-electron chi connectivity index (χ0n) is 15.0. The number of likely N-dealkylation sites (tertiary alicyclic amines) is 1. The van der Waals surface area contributed by atoms with Gasteiger partial charge < -0.3 is 19.5 Å². The monoisotopic (exact) mass is 387 g/mol. The summed E-state index contributed by atoms with van der Waals surface area (Å²) in [6.45, 7) is 1.42. The van der Waals surface area contributed by atoms with E-state index in [1.54, 1.807) is 12.0 Å². The van der Waals surface area contributed by atoms with Crippen molar-refractivity contribution in [2.45, 2.75) is 6.42 Å². The molecule has 27 heavy (non-hydrogen) atoms. The van der Waals surface area contributed by atoms with Gasteiger partial charge in [-0.2, -0.15) is 0 Å². The van der Waals surface area contributed by atoms with Gasteiger partial charge in [-0.15, -0.1) is 11.3 Å². The van der Waals surface area contributed by atoms with Crippen molar-refractivity contribution in [3.63, 3.8) is 0 Å². The topological polar surface area (TPSA) is 76.1 Å². The van der Waals surface area contributed by atoms with E-state index < -0.39 is 11.4 Å². The summed E-state index contributed by atoms with van der Waals surface area (Å²) in [5.41, 5.74) is 0.117. The summed E-state index contributed by atoms with van der Waals surface area (Å²) in [7, 11) is 1.55. The number of nitrogens with zero attached hydrogens (tertiary/aromatic N) is 1. The standard InChI is InChI=1S/C20H21NO5S/c1-25-15-9-16(13-5-3-2-4-6-13)27-17(15)18(22)21-10-14-11-26-8-7-20(14,12-21)19(23)24/h2-6,9,14H,7-8,10-12H2,1H3,(H,23,24)/t14-,20+/m0/s1. The number of benzene rings is 1. The minimum Gasteiger partial charge on any atom is -0.495 e. The lowest BCUT2D eigenvalue weighted by molar-refractivity contribution is -0.157. The zero-order valence-corrected chi connectivity index (χ0v) is 15.8. The predicted octanol–water partition coefficient (Wildman–Crippen LogP) is 2.99. The SMILES string of the molecule is COc1cc(-c2ccccc2)sc1C(=O)N1C[C@H]2COCC[C@@]2(C(=O)O)C1. The zero-order chi connectivity index (χ0) is 19.0. The Bertz CT molecular complexity index is 865. The molecule has 2 saturated heterocycles. The van der Waals surface area contributed by atoms with E-state index in [2.05, 4.69) is 0 Å². The average molecular weight is 387 g/mol. The van der Waals surface area contributed by atoms with E-state index in [4.69, 9.17) is 9.47 Å². The lowest BCUT2D eigenvalue weighted by atomic mass is 9.74. The van der Waals surface area contributed by atoms with Gasteiger partial charge in [-0.25, -0.2) is 0 Å². The molecule has 2 atom stereocenters. The van der Waals surface area contributed by atoms with Crippen LogP contribution in [0.5, 0.6) is 5.75 Å². The van der Waals surface area contributed by atoms with Crippen molar-refractivity contribution < 1.29 is 24.2 Å². The smallest absolute Gasteiger partial charge is 0.311 e. The number of carbonyl (C=O) groups is 2. The maximum absolute atomic E-state index is 13.2. The molecule has 1 N–H and O–H groups in total. The second-order valence-corrected chi connectivity index (χ2v) is 8.10. The van der Waals surface area contributed by atoms with Crippen molar-refractivity contribution in [3.8, 4) is 16.2 Å². The minimum atomic E-state index is -0.902. The van der Waals surface area contributed by atoms with Crippen molar-refractivity contribution in [2.75, 3.05) is 33.4 Å². The van der Waals surface area contributed by atoms with E-state index in [0.717, 1.165) is 10.4 Å². The summed E-state index contributed by atoms with van der Waals surface area (Å²) >= 11 is 1.38. The van der Waals surface area contributed by atoms with Gasteiger partial charge in [-0.05, 0) is 18.1 Å². The Balaban J connectivity index is 1.64. The molecule has 2 fully saturated rings. The third-order valence-electron chi connectivity index (χ3n) is 5.59. The molecule has 2 aliphatic rings. The lowest BCUT2D eigenvalue weighted by Gasteiger charge is -2.33. The fourth-order valence-electron chi connectivity index (χ4n) is 4.02. The van der Waals surface area contributed by atoms with Crippen molar-refractivity contribution >= 4 is 23.2 Å². The molecule has 2 aliphatic heterocycles. The van der Waals surface area contributed by atoms with Crippen LogP contribution in [0, 0.1) is 11.3 Å². The van der Waals surface area contributed by atoms with E-state index in [1.165, 1.54) is 11.3 Å². The molecule has 3 heterocycles. The molecule has 142 valence electrons. The predicted molar refractivity (Wildman–Crippen MR) is 101 cm³/mol. The summed E-state index contributed by atoms with van der Waals surface area (Å²) in [5, 5.41) is 9.81. The van der Waals surface area contributed by atoms with Crippen LogP contribution in [0.25, 0.3) is 10.4 Å². The molecule has 7 heteroatoms. The fraction of sp³-hybridized carbons (Fsp3) is 0.400. The van der Waals surface area contributed by atoms with Gasteiger partial charge in [0.25, 0.3) is 5.91 Å². The highest BCUT2D eigenvalue weighted by atomic mass is 32.1. The van der Waals surface area contributed by atoms with Crippen LogP contribution in [0.4, 0.5) is 0 Å². The number of carboxylic acids is 1. The summed E-state index contributed by atoms with van der Waals surface area (Å²) < 4.78 is 10.9. The van der Waals surface area contributed by atoms with Gasteiger partial charge >= 0.3 is 5.97 Å². The van der Waals surface area contributed by atoms with Crippen molar-refractivity contribution in [2.24, 2.45) is 11.3 Å². The Kier molecular flexibility index (Phi) is 4.65. The van der Waals surface area contributed by atoms with Crippen LogP contribution >= 0.6 is 11.3 Å². The van der Waals surface area contributed by atoms with Gasteiger partial charge in [0.2, 0.25) is 0 Å². The van der Waals surface area contributed by atoms with Crippen LogP contribution in [0.2, 0.25) is 0 Å². The first-order valence-electron chi connectivity index (χ1n) is 8.89. The summed E-state index contributed by atoms with van der Waals surface area (Å²) in [4.78, 5) is 28.3. The van der Waals surface area contributed by atoms with E-state index in [-0.39, 0.29) is 18.4 Å². The number of carbonyl (C=O) groups excluding carboxylic acids is 1. The molecule has 1 aromatic carbocycles. The number of aliphatic carboxylic acids is 1. The summed E-state index contributed by atoms with van der Waals surface area (Å²) in [5.74, 6) is -0.658. The van der Waals surface area contributed by atoms with Gasteiger partial charge in [0.1, 0.15) is 10.6 Å². The number of thiophene rings is 1. The van der Waals surface area contributed by atoms with Gasteiger partial charge in [-0.3, -0.25) is 9.59 Å². The Morgan fingerprint density at radius 1 is 1.33 bits per heavy atom. The Labute approximate surface area is 161 Å². The quantitative estimate of drug-likeness (QED) is 0.873. The molecule has 0 radical (unpaired) electrons. The molecule has 1 amide bonds. The molecule has 2 aromatic rings. The second kappa shape index (κ2) is 6.98. The van der Waals surface area contributed by atoms with E-state index in [1.807, 2.05) is 36.4 Å². The molecule has 0 saturated carbocycles. The average Bonchev–Trinajstić information content (AvgIpc) is 3.30. The highest BCUT2D eigenvalue weighted by molar-refractivity contribution is 7.17. The maximum Gasteiger partial charge on any atom is 0.311 e. The number of carboxylic acid groups (broad SMARTS) is 1. The highest BCUT2D eigenvalue weighted by Crippen LogP contribution is 2.44. The molecule has 4 rings (SSSR count). The number of hydrogen-bond donors (Lipinski definition) is 1. The Morgan fingerprint density at radius 3 is 2.78 bits per heavy atom. The third kappa shape index (κ3) is 3.00. The molecule has 0 aliphatic carbocycles. The van der Waals surface area contributed by atoms with Crippen molar-refractivity contribution in [1.82, 2.24) is 4.90 Å². The van der Waals surface area contributed by atoms with Gasteiger partial charge in [0.05, 0.1) is 19.1 Å². The van der Waals surface area contributed by atoms with E-state index >= 15 is 0 Å². The van der Waals surface area contributed by atoms with Gasteiger partial charge in [0.15, 0.2) is 0 Å². The van der Waals surface area contributed by atoms with E-state index in [0.29, 0.717) is 36.8 Å². The van der Waals surface area contributed by atoms with Gasteiger partial charge in [0, 0.05) is 30.5 Å². The van der Waals surface area contributed by atoms with Crippen molar-refractivity contribution in [3.05, 3.63) is 41.3 Å². The third-order valence-corrected chi connectivity index (χ3v) is 6.74. The van der Waals surface area contributed by atoms with Gasteiger partial charge in [-0.1, -0.05) is 30.3 Å². The molecule has 0 unspecified atom stereocenters. The molecule has 0 bridgehead atoms. The van der Waals surface area contributed by atoms with Crippen LogP contribution in [0.1, 0.15) is 16.1 Å². The summed E-state index contributed by atoms with van der Waals surface area (Å²) in [6.07, 6.45) is 0.438. The first-order chi connectivity index (χ1) is 13.0. The molecular formula is C20H21NO5S. The number of amides is 1. The van der Waals surface area contributed by atoms with Crippen LogP contribution < -0.4 is 4.74 Å². The normalized spacial score (nSPS) is 24.5. The lowest BCUT2D eigenvalue weighted by Crippen LogP contribution is -2.45. The van der Waals surface area contributed by atoms with Crippen LogP contribution in [-0.2, 0) is 9.53 Å². The number of fused-ring (bicyclic) bond motifs is 1. The van der Waals surface area contributed by atoms with Crippen molar-refractivity contribution in [1.29, 1.82) is 0 Å².